The summed E-state index contributed by atoms with van der Waals surface area (Å²) in [6.45, 7) is 1.95. The number of carbonyl (C=O) groups is 3. The molecule has 4 aromatic rings. The van der Waals surface area contributed by atoms with E-state index in [4.69, 9.17) is 4.74 Å². The number of carboxylic acids is 1. The highest BCUT2D eigenvalue weighted by molar-refractivity contribution is 6.02. The van der Waals surface area contributed by atoms with E-state index >= 15 is 0 Å². The second-order valence-corrected chi connectivity index (χ2v) is 9.90. The zero-order valence-corrected chi connectivity index (χ0v) is 22.2. The molecular weight excluding hydrogens is 504 g/mol. The number of aliphatic carboxylic acids is 1. The highest BCUT2D eigenvalue weighted by atomic mass is 16.5. The van der Waals surface area contributed by atoms with E-state index in [-0.39, 0.29) is 5.78 Å². The summed E-state index contributed by atoms with van der Waals surface area (Å²) in [5.41, 5.74) is 3.32. The van der Waals surface area contributed by atoms with Gasteiger partial charge >= 0.3 is 12.0 Å². The van der Waals surface area contributed by atoms with Gasteiger partial charge in [0.05, 0.1) is 19.1 Å². The number of carbonyl (C=O) groups excluding carboxylic acids is 2. The number of carboxylic acid groups (broad SMARTS) is 1. The molecule has 4 aromatic carbocycles. The van der Waals surface area contributed by atoms with Crippen LogP contribution in [-0.4, -0.2) is 40.9 Å². The molecule has 1 fully saturated rings. The maximum Gasteiger partial charge on any atom is 0.327 e. The lowest BCUT2D eigenvalue weighted by atomic mass is 9.76. The molecule has 2 amide bonds. The van der Waals surface area contributed by atoms with Crippen LogP contribution in [0.2, 0.25) is 0 Å². The molecule has 4 atom stereocenters. The Bertz CT molecular complexity index is 1490. The predicted molar refractivity (Wildman–Crippen MR) is 153 cm³/mol. The number of nitrogens with zero attached hydrogens (tertiary/aromatic N) is 1. The number of aryl methyl sites for hydroxylation is 1. The minimum absolute atomic E-state index is 0.217. The number of rotatable bonds is 7. The van der Waals surface area contributed by atoms with Crippen molar-refractivity contribution in [2.75, 3.05) is 12.4 Å². The average Bonchev–Trinajstić information content (AvgIpc) is 3.35. The summed E-state index contributed by atoms with van der Waals surface area (Å²) >= 11 is 0. The third kappa shape index (κ3) is 5.18. The van der Waals surface area contributed by atoms with Crippen molar-refractivity contribution in [2.45, 2.75) is 24.9 Å². The molecule has 5 rings (SSSR count). The molecular formula is C33H30N2O5. The fraction of sp³-hybridized carbons (Fsp3) is 0.182. The molecule has 1 saturated heterocycles. The van der Waals surface area contributed by atoms with E-state index in [0.29, 0.717) is 28.1 Å². The number of nitrogens with one attached hydrogen (secondary N) is 1. The molecule has 0 saturated carbocycles. The highest BCUT2D eigenvalue weighted by Gasteiger charge is 2.57. The number of hydrogen-bond donors (Lipinski definition) is 2. The zero-order chi connectivity index (χ0) is 28.2. The summed E-state index contributed by atoms with van der Waals surface area (Å²) in [5.74, 6) is -2.42. The SMILES string of the molecule is COc1ccc(NC(=O)N2C(C(=O)O)C(c3ccccc3)C(C(=O)c3ccccc3)C2c2ccc(C)cc2)cc1. The Hall–Kier alpha value is -4.91. The summed E-state index contributed by atoms with van der Waals surface area (Å²) in [5, 5.41) is 13.5. The summed E-state index contributed by atoms with van der Waals surface area (Å²) in [7, 11) is 1.55. The van der Waals surface area contributed by atoms with E-state index in [9.17, 15) is 19.5 Å². The Morgan fingerprint density at radius 1 is 0.775 bits per heavy atom. The van der Waals surface area contributed by atoms with Crippen LogP contribution in [0.15, 0.2) is 109 Å². The van der Waals surface area contributed by atoms with E-state index in [2.05, 4.69) is 5.32 Å². The van der Waals surface area contributed by atoms with Gasteiger partial charge in [-0.2, -0.15) is 0 Å². The van der Waals surface area contributed by atoms with Crippen LogP contribution in [0.4, 0.5) is 10.5 Å². The van der Waals surface area contributed by atoms with Gasteiger partial charge in [-0.1, -0.05) is 90.5 Å². The number of urea groups is 1. The second-order valence-electron chi connectivity index (χ2n) is 9.90. The predicted octanol–water partition coefficient (Wildman–Crippen LogP) is 6.33. The van der Waals surface area contributed by atoms with Crippen molar-refractivity contribution in [1.29, 1.82) is 0 Å². The van der Waals surface area contributed by atoms with Crippen molar-refractivity contribution < 1.29 is 24.2 Å². The molecule has 4 unspecified atom stereocenters. The molecule has 7 heteroatoms. The van der Waals surface area contributed by atoms with Gasteiger partial charge in [-0.15, -0.1) is 0 Å². The molecule has 2 N–H and O–H groups in total. The van der Waals surface area contributed by atoms with Crippen molar-refractivity contribution in [3.63, 3.8) is 0 Å². The smallest absolute Gasteiger partial charge is 0.327 e. The largest absolute Gasteiger partial charge is 0.497 e. The van der Waals surface area contributed by atoms with Crippen LogP contribution in [0.5, 0.6) is 5.75 Å². The first-order valence-corrected chi connectivity index (χ1v) is 13.1. The van der Waals surface area contributed by atoms with E-state index < -0.39 is 35.9 Å². The Labute approximate surface area is 233 Å². The fourth-order valence-corrected chi connectivity index (χ4v) is 5.60. The van der Waals surface area contributed by atoms with Gasteiger partial charge in [0, 0.05) is 17.2 Å². The van der Waals surface area contributed by atoms with Gasteiger partial charge in [0.15, 0.2) is 5.78 Å². The van der Waals surface area contributed by atoms with Gasteiger partial charge in [0.1, 0.15) is 11.8 Å². The minimum Gasteiger partial charge on any atom is -0.497 e. The van der Waals surface area contributed by atoms with Gasteiger partial charge in [-0.3, -0.25) is 4.79 Å². The Kier molecular flexibility index (Phi) is 7.64. The Morgan fingerprint density at radius 3 is 1.95 bits per heavy atom. The maximum atomic E-state index is 14.3. The first-order chi connectivity index (χ1) is 19.4. The standard InChI is InChI=1S/C33H30N2O5/c1-21-13-15-23(16-14-21)29-28(31(36)24-11-7-4-8-12-24)27(22-9-5-3-6-10-22)30(32(37)38)35(29)33(39)34-25-17-19-26(40-2)20-18-25/h3-20,27-30H,1-2H3,(H,34,39)(H,37,38). The summed E-state index contributed by atoms with van der Waals surface area (Å²) in [4.78, 5) is 42.7. The van der Waals surface area contributed by atoms with E-state index in [0.717, 1.165) is 5.56 Å². The molecule has 0 aliphatic carbocycles. The number of benzene rings is 4. The van der Waals surface area contributed by atoms with Crippen LogP contribution >= 0.6 is 0 Å². The number of Topliss-reactive ketones (excluding diaryl/α,β-unsaturated/α-hetero) is 1. The van der Waals surface area contributed by atoms with E-state index in [1.54, 1.807) is 55.6 Å². The van der Waals surface area contributed by atoms with Crippen molar-refractivity contribution in [1.82, 2.24) is 4.90 Å². The van der Waals surface area contributed by atoms with Gasteiger partial charge in [-0.25, -0.2) is 9.59 Å². The van der Waals surface area contributed by atoms with Crippen molar-refractivity contribution in [3.05, 3.63) is 131 Å². The number of amides is 2. The molecule has 40 heavy (non-hydrogen) atoms. The molecule has 7 nitrogen and oxygen atoms in total. The second kappa shape index (κ2) is 11.5. The van der Waals surface area contributed by atoms with E-state index in [1.165, 1.54) is 4.90 Å². The van der Waals surface area contributed by atoms with Crippen molar-refractivity contribution in [2.24, 2.45) is 5.92 Å². The number of likely N-dealkylation sites (tertiary alicyclic amines) is 1. The topological polar surface area (TPSA) is 95.9 Å². The molecule has 0 radical (unpaired) electrons. The fourth-order valence-electron chi connectivity index (χ4n) is 5.60. The maximum absolute atomic E-state index is 14.3. The van der Waals surface area contributed by atoms with Gasteiger partial charge in [0.2, 0.25) is 0 Å². The quantitative estimate of drug-likeness (QED) is 0.270. The molecule has 1 heterocycles. The van der Waals surface area contributed by atoms with Crippen LogP contribution in [0.1, 0.15) is 39.0 Å². The van der Waals surface area contributed by atoms with E-state index in [1.807, 2.05) is 67.6 Å². The van der Waals surface area contributed by atoms with Crippen LogP contribution in [0.25, 0.3) is 0 Å². The number of ether oxygens (including phenoxy) is 1. The molecule has 0 aromatic heterocycles. The highest BCUT2D eigenvalue weighted by Crippen LogP contribution is 2.51. The summed E-state index contributed by atoms with van der Waals surface area (Å²) in [6.07, 6.45) is 0. The first kappa shape index (κ1) is 26.7. The zero-order valence-electron chi connectivity index (χ0n) is 22.2. The van der Waals surface area contributed by atoms with Gasteiger partial charge in [-0.05, 0) is 42.3 Å². The first-order valence-electron chi connectivity index (χ1n) is 13.1. The normalized spacial score (nSPS) is 20.1. The molecule has 202 valence electrons. The third-order valence-corrected chi connectivity index (χ3v) is 7.46. The van der Waals surface area contributed by atoms with Crippen LogP contribution in [0.3, 0.4) is 0 Å². The third-order valence-electron chi connectivity index (χ3n) is 7.46. The van der Waals surface area contributed by atoms with Gasteiger partial charge in [0.25, 0.3) is 0 Å². The number of anilines is 1. The Morgan fingerprint density at radius 2 is 1.38 bits per heavy atom. The number of hydrogen-bond acceptors (Lipinski definition) is 4. The molecule has 0 bridgehead atoms. The van der Waals surface area contributed by atoms with Crippen LogP contribution in [0, 0.1) is 12.8 Å². The molecule has 1 aliphatic rings. The number of ketones is 1. The van der Waals surface area contributed by atoms with Crippen LogP contribution < -0.4 is 10.1 Å². The number of methoxy groups -OCH3 is 1. The lowest BCUT2D eigenvalue weighted by molar-refractivity contribution is -0.142. The average molecular weight is 535 g/mol. The Balaban J connectivity index is 1.68. The lowest BCUT2D eigenvalue weighted by Crippen LogP contribution is -2.45. The lowest BCUT2D eigenvalue weighted by Gasteiger charge is -2.30. The summed E-state index contributed by atoms with van der Waals surface area (Å²) < 4.78 is 5.21. The monoisotopic (exact) mass is 534 g/mol. The molecule has 0 spiro atoms. The molecule has 1 aliphatic heterocycles. The minimum atomic E-state index is -1.30. The van der Waals surface area contributed by atoms with Crippen LogP contribution in [-0.2, 0) is 4.79 Å². The summed E-state index contributed by atoms with van der Waals surface area (Å²) in [6, 6.07) is 29.6. The van der Waals surface area contributed by atoms with Crippen molar-refractivity contribution in [3.8, 4) is 5.75 Å². The van der Waals surface area contributed by atoms with Crippen molar-refractivity contribution >= 4 is 23.5 Å². The van der Waals surface area contributed by atoms with Gasteiger partial charge < -0.3 is 20.1 Å².